The van der Waals surface area contributed by atoms with Crippen LogP contribution in [0, 0.1) is 5.92 Å². The normalized spacial score (nSPS) is 12.4. The lowest BCUT2D eigenvalue weighted by Crippen LogP contribution is -2.54. The van der Waals surface area contributed by atoms with Crippen molar-refractivity contribution in [1.29, 1.82) is 0 Å². The van der Waals surface area contributed by atoms with E-state index < -0.39 is 33.8 Å². The zero-order chi connectivity index (χ0) is 24.8. The van der Waals surface area contributed by atoms with E-state index in [1.807, 2.05) is 13.8 Å². The van der Waals surface area contributed by atoms with Crippen LogP contribution < -0.4 is 25.0 Å². The van der Waals surface area contributed by atoms with Gasteiger partial charge >= 0.3 is 0 Å². The van der Waals surface area contributed by atoms with E-state index in [9.17, 15) is 18.0 Å². The minimum Gasteiger partial charge on any atom is -0.493 e. The fraction of sp³-hybridized carbons (Fsp3) is 0.364. The molecule has 0 spiro atoms. The monoisotopic (exact) mass is 497 g/mol. The molecule has 2 aromatic carbocycles. The number of carbonyl (C=O) groups excluding carboxylic acids is 2. The number of methoxy groups -OCH3 is 1. The van der Waals surface area contributed by atoms with Gasteiger partial charge in [-0.2, -0.15) is 4.72 Å². The molecule has 3 N–H and O–H groups in total. The second-order valence-electron chi connectivity index (χ2n) is 7.77. The Kier molecular flexibility index (Phi) is 9.09. The number of halogens is 1. The number of hydrogen-bond acceptors (Lipinski definition) is 6. The van der Waals surface area contributed by atoms with Crippen molar-refractivity contribution in [3.8, 4) is 11.5 Å². The quantitative estimate of drug-likeness (QED) is 0.458. The van der Waals surface area contributed by atoms with Crippen LogP contribution in [0.3, 0.4) is 0 Å². The van der Waals surface area contributed by atoms with Crippen LogP contribution in [0.15, 0.2) is 47.4 Å². The molecule has 0 aliphatic rings. The van der Waals surface area contributed by atoms with Gasteiger partial charge < -0.3 is 9.47 Å². The Morgan fingerprint density at radius 3 is 2.12 bits per heavy atom. The molecule has 33 heavy (non-hydrogen) atoms. The lowest BCUT2D eigenvalue weighted by atomic mass is 10.1. The summed E-state index contributed by atoms with van der Waals surface area (Å²) < 4.78 is 38.5. The van der Waals surface area contributed by atoms with Crippen molar-refractivity contribution in [3.63, 3.8) is 0 Å². The summed E-state index contributed by atoms with van der Waals surface area (Å²) in [6, 6.07) is 8.99. The van der Waals surface area contributed by atoms with E-state index in [0.29, 0.717) is 16.5 Å². The first kappa shape index (κ1) is 26.4. The third-order valence-corrected chi connectivity index (χ3v) is 6.15. The number of hydrogen-bond donors (Lipinski definition) is 3. The van der Waals surface area contributed by atoms with E-state index in [2.05, 4.69) is 15.6 Å². The lowest BCUT2D eigenvalue weighted by Gasteiger charge is -2.22. The number of hydrazine groups is 1. The van der Waals surface area contributed by atoms with Gasteiger partial charge in [-0.15, -0.1) is 0 Å². The predicted octanol–water partition coefficient (Wildman–Crippen LogP) is 2.90. The highest BCUT2D eigenvalue weighted by Crippen LogP contribution is 2.28. The SMILES string of the molecule is COc1cc(C(=O)NNC(=O)[C@@H](NS(=O)(=O)c2ccc(Cl)cc2)C(C)C)ccc1OC(C)C. The Labute approximate surface area is 198 Å². The van der Waals surface area contributed by atoms with Crippen molar-refractivity contribution in [2.24, 2.45) is 5.92 Å². The maximum Gasteiger partial charge on any atom is 0.269 e. The summed E-state index contributed by atoms with van der Waals surface area (Å²) in [4.78, 5) is 25.1. The highest BCUT2D eigenvalue weighted by molar-refractivity contribution is 7.89. The standard InChI is InChI=1S/C22H28ClN3O6S/c1-13(2)20(26-33(29,30)17-9-7-16(23)8-10-17)22(28)25-24-21(27)15-6-11-18(32-14(3)4)19(12-15)31-5/h6-14,20,26H,1-5H3,(H,24,27)(H,25,28)/t20-/m0/s1. The Bertz CT molecular complexity index is 1090. The molecule has 0 unspecified atom stereocenters. The number of nitrogens with one attached hydrogen (secondary N) is 3. The average molecular weight is 498 g/mol. The van der Waals surface area contributed by atoms with Gasteiger partial charge in [0.2, 0.25) is 10.0 Å². The fourth-order valence-corrected chi connectivity index (χ4v) is 4.24. The zero-order valence-electron chi connectivity index (χ0n) is 19.0. The Hall–Kier alpha value is -2.82. The topological polar surface area (TPSA) is 123 Å². The summed E-state index contributed by atoms with van der Waals surface area (Å²) in [6.07, 6.45) is -0.0810. The summed E-state index contributed by atoms with van der Waals surface area (Å²) in [6.45, 7) is 7.08. The molecule has 0 aliphatic heterocycles. The van der Waals surface area contributed by atoms with E-state index in [4.69, 9.17) is 21.1 Å². The number of benzene rings is 2. The van der Waals surface area contributed by atoms with E-state index >= 15 is 0 Å². The third-order valence-electron chi connectivity index (χ3n) is 4.44. The van der Waals surface area contributed by atoms with Crippen molar-refractivity contribution >= 4 is 33.4 Å². The molecule has 2 rings (SSSR count). The van der Waals surface area contributed by atoms with Gasteiger partial charge in [0.15, 0.2) is 11.5 Å². The first-order chi connectivity index (χ1) is 15.4. The second-order valence-corrected chi connectivity index (χ2v) is 9.92. The van der Waals surface area contributed by atoms with E-state index in [-0.39, 0.29) is 16.6 Å². The van der Waals surface area contributed by atoms with Crippen molar-refractivity contribution in [2.75, 3.05) is 7.11 Å². The molecule has 2 aromatic rings. The smallest absolute Gasteiger partial charge is 0.269 e. The Morgan fingerprint density at radius 2 is 1.58 bits per heavy atom. The van der Waals surface area contributed by atoms with Gasteiger partial charge in [0, 0.05) is 10.6 Å². The van der Waals surface area contributed by atoms with Crippen molar-refractivity contribution in [2.45, 2.75) is 44.7 Å². The minimum absolute atomic E-state index is 0.0369. The maximum absolute atomic E-state index is 12.7. The Balaban J connectivity index is 2.09. The summed E-state index contributed by atoms with van der Waals surface area (Å²) >= 11 is 5.81. The molecule has 2 amide bonds. The van der Waals surface area contributed by atoms with Crippen LogP contribution in [0.1, 0.15) is 38.1 Å². The molecule has 180 valence electrons. The number of amides is 2. The molecular formula is C22H28ClN3O6S. The first-order valence-corrected chi connectivity index (χ1v) is 12.0. The highest BCUT2D eigenvalue weighted by atomic mass is 35.5. The number of carbonyl (C=O) groups is 2. The third kappa shape index (κ3) is 7.34. The lowest BCUT2D eigenvalue weighted by molar-refractivity contribution is -0.124. The predicted molar refractivity (Wildman–Crippen MR) is 125 cm³/mol. The van der Waals surface area contributed by atoms with Crippen LogP contribution >= 0.6 is 11.6 Å². The van der Waals surface area contributed by atoms with Gasteiger partial charge in [-0.3, -0.25) is 20.4 Å². The van der Waals surface area contributed by atoms with Gasteiger partial charge in [-0.1, -0.05) is 25.4 Å². The molecule has 0 radical (unpaired) electrons. The summed E-state index contributed by atoms with van der Waals surface area (Å²) in [5.41, 5.74) is 4.78. The highest BCUT2D eigenvalue weighted by Gasteiger charge is 2.29. The molecular weight excluding hydrogens is 470 g/mol. The van der Waals surface area contributed by atoms with Gasteiger partial charge in [-0.05, 0) is 62.2 Å². The van der Waals surface area contributed by atoms with Crippen LogP contribution in [0.4, 0.5) is 0 Å². The molecule has 0 aromatic heterocycles. The van der Waals surface area contributed by atoms with Gasteiger partial charge in [0.1, 0.15) is 6.04 Å². The van der Waals surface area contributed by atoms with E-state index in [1.54, 1.807) is 19.9 Å². The molecule has 11 heteroatoms. The molecule has 1 atom stereocenters. The number of ether oxygens (including phenoxy) is 2. The van der Waals surface area contributed by atoms with Gasteiger partial charge in [-0.25, -0.2) is 8.42 Å². The van der Waals surface area contributed by atoms with Crippen molar-refractivity contribution in [3.05, 3.63) is 53.1 Å². The van der Waals surface area contributed by atoms with Crippen molar-refractivity contribution < 1.29 is 27.5 Å². The molecule has 0 fully saturated rings. The zero-order valence-corrected chi connectivity index (χ0v) is 20.6. The van der Waals surface area contributed by atoms with Gasteiger partial charge in [0.05, 0.1) is 18.1 Å². The molecule has 9 nitrogen and oxygen atoms in total. The van der Waals surface area contributed by atoms with Crippen LogP contribution in [-0.2, 0) is 14.8 Å². The van der Waals surface area contributed by atoms with Crippen LogP contribution in [0.2, 0.25) is 5.02 Å². The largest absolute Gasteiger partial charge is 0.493 e. The van der Waals surface area contributed by atoms with Crippen LogP contribution in [-0.4, -0.2) is 39.5 Å². The van der Waals surface area contributed by atoms with E-state index in [0.717, 1.165) is 0 Å². The van der Waals surface area contributed by atoms with E-state index in [1.165, 1.54) is 43.5 Å². The van der Waals surface area contributed by atoms with Gasteiger partial charge in [0.25, 0.3) is 11.8 Å². The number of rotatable bonds is 9. The minimum atomic E-state index is -3.99. The average Bonchev–Trinajstić information content (AvgIpc) is 2.75. The van der Waals surface area contributed by atoms with Crippen LogP contribution in [0.5, 0.6) is 11.5 Å². The molecule has 0 bridgehead atoms. The van der Waals surface area contributed by atoms with Crippen molar-refractivity contribution in [1.82, 2.24) is 15.6 Å². The molecule has 0 aliphatic carbocycles. The summed E-state index contributed by atoms with van der Waals surface area (Å²) in [7, 11) is -2.54. The second kappa shape index (κ2) is 11.4. The Morgan fingerprint density at radius 1 is 0.939 bits per heavy atom. The number of sulfonamides is 1. The molecule has 0 saturated heterocycles. The summed E-state index contributed by atoms with van der Waals surface area (Å²) in [5, 5.41) is 0.384. The summed E-state index contributed by atoms with van der Waals surface area (Å²) in [5.74, 6) is -0.900. The fourth-order valence-electron chi connectivity index (χ4n) is 2.77. The van der Waals surface area contributed by atoms with Crippen LogP contribution in [0.25, 0.3) is 0 Å². The molecule has 0 saturated carbocycles. The molecule has 0 heterocycles. The maximum atomic E-state index is 12.7. The first-order valence-electron chi connectivity index (χ1n) is 10.2.